The van der Waals surface area contributed by atoms with Gasteiger partial charge in [-0.1, -0.05) is 24.3 Å². The lowest BCUT2D eigenvalue weighted by Crippen LogP contribution is -2.44. The molecule has 3 N–H and O–H groups in total. The Hall–Kier alpha value is -5.46. The van der Waals surface area contributed by atoms with Gasteiger partial charge in [0.1, 0.15) is 17.5 Å². The van der Waals surface area contributed by atoms with Gasteiger partial charge < -0.3 is 25.1 Å². The minimum absolute atomic E-state index is 0.0135. The molecule has 1 aliphatic rings. The number of likely N-dealkylation sites (N-methyl/N-ethyl adjacent to an activating group) is 1. The molecular weight excluding hydrogens is 657 g/mol. The number of nitrogens with zero attached hydrogens (tertiary/aromatic N) is 2. The first-order valence-electron chi connectivity index (χ1n) is 15.0. The largest absolute Gasteiger partial charge is 0.478 e. The van der Waals surface area contributed by atoms with E-state index in [0.29, 0.717) is 11.3 Å². The van der Waals surface area contributed by atoms with Crippen LogP contribution in [0.4, 0.5) is 18.9 Å². The maximum absolute atomic E-state index is 13.8. The number of hydrogen-bond acceptors (Lipinski definition) is 6. The fourth-order valence-corrected chi connectivity index (χ4v) is 5.75. The number of halogens is 3. The predicted octanol–water partition coefficient (Wildman–Crippen LogP) is 8.03. The molecule has 1 fully saturated rings. The van der Waals surface area contributed by atoms with Crippen LogP contribution in [0.1, 0.15) is 36.6 Å². The van der Waals surface area contributed by atoms with Crippen LogP contribution >= 0.6 is 11.3 Å². The third kappa shape index (κ3) is 9.78. The summed E-state index contributed by atoms with van der Waals surface area (Å²) in [5, 5.41) is 28.1. The van der Waals surface area contributed by atoms with E-state index in [1.165, 1.54) is 47.7 Å². The van der Waals surface area contributed by atoms with E-state index in [-0.39, 0.29) is 22.5 Å². The Morgan fingerprint density at radius 1 is 0.653 bits per heavy atom. The van der Waals surface area contributed by atoms with E-state index >= 15 is 0 Å². The van der Waals surface area contributed by atoms with Crippen molar-refractivity contribution in [3.8, 4) is 21.6 Å². The fourth-order valence-electron chi connectivity index (χ4n) is 5.00. The third-order valence-corrected chi connectivity index (χ3v) is 8.55. The molecule has 8 nitrogen and oxygen atoms in total. The summed E-state index contributed by atoms with van der Waals surface area (Å²) in [5.74, 6) is -4.45. The number of aryl methyl sites for hydroxylation is 1. The molecular formula is C37H33F3N2O6S. The van der Waals surface area contributed by atoms with E-state index in [2.05, 4.69) is 4.90 Å². The zero-order valence-corrected chi connectivity index (χ0v) is 27.4. The maximum Gasteiger partial charge on any atom is 0.335 e. The summed E-state index contributed by atoms with van der Waals surface area (Å²) in [7, 11) is 2.03. The molecule has 0 amide bonds. The monoisotopic (exact) mass is 690 g/mol. The first-order valence-corrected chi connectivity index (χ1v) is 15.8. The van der Waals surface area contributed by atoms with Crippen molar-refractivity contribution in [3.63, 3.8) is 0 Å². The van der Waals surface area contributed by atoms with Crippen molar-refractivity contribution < 1.29 is 42.9 Å². The second-order valence-electron chi connectivity index (χ2n) is 11.1. The van der Waals surface area contributed by atoms with Crippen LogP contribution in [-0.4, -0.2) is 71.4 Å². The molecule has 0 atom stereocenters. The smallest absolute Gasteiger partial charge is 0.335 e. The Balaban J connectivity index is 0.000000166. The molecule has 0 spiro atoms. The Labute approximate surface area is 284 Å². The lowest BCUT2D eigenvalue weighted by atomic mass is 9.98. The topological polar surface area (TPSA) is 118 Å². The lowest BCUT2D eigenvalue weighted by molar-refractivity contribution is 0.0685. The molecule has 0 radical (unpaired) electrons. The van der Waals surface area contributed by atoms with Crippen LogP contribution in [0.2, 0.25) is 0 Å². The van der Waals surface area contributed by atoms with Crippen molar-refractivity contribution in [1.82, 2.24) is 4.90 Å². The standard InChI is InChI=1S/C14H11FO2.C12H15FN2O2.C11H7FO2S/c1-9-7-11(14(16)17)5-6-13(9)10-3-2-4-12(15)8-10;1-14-4-6-15(7-5-14)11-3-2-9(12(16)17)8-10(11)13;12-9-6-7(11(13)14)3-4-8(9)10-2-1-5-15-10/h2-8H,1H3,(H,16,17);2-3,8H,4-7H2,1H3,(H,16,17);1-6H,(H,13,14). The summed E-state index contributed by atoms with van der Waals surface area (Å²) < 4.78 is 40.4. The maximum atomic E-state index is 13.8. The van der Waals surface area contributed by atoms with Gasteiger partial charge in [-0.2, -0.15) is 0 Å². The fraction of sp³-hybridized carbons (Fsp3) is 0.162. The highest BCUT2D eigenvalue weighted by Crippen LogP contribution is 2.28. The summed E-state index contributed by atoms with van der Waals surface area (Å²) in [4.78, 5) is 37.0. The van der Waals surface area contributed by atoms with Crippen molar-refractivity contribution >= 4 is 34.9 Å². The lowest BCUT2D eigenvalue weighted by Gasteiger charge is -2.34. The van der Waals surface area contributed by atoms with Gasteiger partial charge in [0.05, 0.1) is 22.4 Å². The molecule has 6 rings (SSSR count). The number of benzene rings is 4. The molecule has 4 aromatic carbocycles. The van der Waals surface area contributed by atoms with Gasteiger partial charge in [0.2, 0.25) is 0 Å². The molecule has 1 saturated heterocycles. The quantitative estimate of drug-likeness (QED) is 0.164. The highest BCUT2D eigenvalue weighted by molar-refractivity contribution is 7.13. The average Bonchev–Trinajstić information content (AvgIpc) is 3.60. The SMILES string of the molecule is CN1CCN(c2ccc(C(=O)O)cc2F)CC1.Cc1cc(C(=O)O)ccc1-c1cccc(F)c1.O=C(O)c1ccc(-c2cccs2)c(F)c1. The first kappa shape index (κ1) is 36.4. The number of aromatic carboxylic acids is 3. The minimum Gasteiger partial charge on any atom is -0.478 e. The number of thiophene rings is 1. The average molecular weight is 691 g/mol. The van der Waals surface area contributed by atoms with Crippen molar-refractivity contribution in [2.75, 3.05) is 38.1 Å². The summed E-state index contributed by atoms with van der Waals surface area (Å²) in [6.07, 6.45) is 0. The highest BCUT2D eigenvalue weighted by Gasteiger charge is 2.18. The zero-order valence-electron chi connectivity index (χ0n) is 26.6. The number of rotatable bonds is 6. The molecule has 5 aromatic rings. The first-order chi connectivity index (χ1) is 23.3. The van der Waals surface area contributed by atoms with E-state index in [4.69, 9.17) is 15.3 Å². The second kappa shape index (κ2) is 16.6. The summed E-state index contributed by atoms with van der Waals surface area (Å²) in [6, 6.07) is 22.7. The third-order valence-electron chi connectivity index (χ3n) is 7.65. The van der Waals surface area contributed by atoms with Crippen molar-refractivity contribution in [1.29, 1.82) is 0 Å². The number of carboxylic acids is 3. The Morgan fingerprint density at radius 3 is 1.73 bits per heavy atom. The summed E-state index contributed by atoms with van der Waals surface area (Å²) in [5.41, 5.74) is 3.53. The molecule has 254 valence electrons. The number of piperazine rings is 1. The minimum atomic E-state index is -1.12. The van der Waals surface area contributed by atoms with E-state index in [1.807, 2.05) is 30.3 Å². The number of anilines is 1. The molecule has 1 aromatic heterocycles. The van der Waals surface area contributed by atoms with Gasteiger partial charge in [-0.25, -0.2) is 27.6 Å². The van der Waals surface area contributed by atoms with Gasteiger partial charge in [-0.15, -0.1) is 11.3 Å². The highest BCUT2D eigenvalue weighted by atomic mass is 32.1. The van der Waals surface area contributed by atoms with Crippen LogP contribution in [-0.2, 0) is 0 Å². The molecule has 0 saturated carbocycles. The zero-order chi connectivity index (χ0) is 35.7. The number of carbonyl (C=O) groups is 3. The Morgan fingerprint density at radius 2 is 1.22 bits per heavy atom. The van der Waals surface area contributed by atoms with Crippen LogP contribution in [0.3, 0.4) is 0 Å². The van der Waals surface area contributed by atoms with Crippen LogP contribution < -0.4 is 4.90 Å². The summed E-state index contributed by atoms with van der Waals surface area (Å²) >= 11 is 1.42. The van der Waals surface area contributed by atoms with E-state index in [0.717, 1.165) is 59.9 Å². The summed E-state index contributed by atoms with van der Waals surface area (Å²) in [6.45, 7) is 5.12. The van der Waals surface area contributed by atoms with Gasteiger partial charge in [0.15, 0.2) is 0 Å². The normalized spacial score (nSPS) is 12.6. The van der Waals surface area contributed by atoms with E-state index < -0.39 is 29.5 Å². The van der Waals surface area contributed by atoms with Crippen molar-refractivity contribution in [2.45, 2.75) is 6.92 Å². The van der Waals surface area contributed by atoms with Crippen LogP contribution in [0, 0.1) is 24.4 Å². The molecule has 1 aliphatic heterocycles. The van der Waals surface area contributed by atoms with Gasteiger partial charge in [0, 0.05) is 36.6 Å². The Bertz CT molecular complexity index is 1940. The van der Waals surface area contributed by atoms with Crippen molar-refractivity contribution in [2.24, 2.45) is 0 Å². The predicted molar refractivity (Wildman–Crippen MR) is 183 cm³/mol. The number of carboxylic acid groups (broad SMARTS) is 3. The van der Waals surface area contributed by atoms with Crippen LogP contribution in [0.5, 0.6) is 0 Å². The molecule has 2 heterocycles. The van der Waals surface area contributed by atoms with Crippen LogP contribution in [0.15, 0.2) is 96.4 Å². The van der Waals surface area contributed by atoms with Crippen LogP contribution in [0.25, 0.3) is 21.6 Å². The molecule has 12 heteroatoms. The Kier molecular flexibility index (Phi) is 12.3. The molecule has 0 bridgehead atoms. The van der Waals surface area contributed by atoms with Crippen molar-refractivity contribution in [3.05, 3.63) is 136 Å². The van der Waals surface area contributed by atoms with Gasteiger partial charge >= 0.3 is 17.9 Å². The second-order valence-corrected chi connectivity index (χ2v) is 12.0. The molecule has 0 aliphatic carbocycles. The van der Waals surface area contributed by atoms with E-state index in [9.17, 15) is 27.6 Å². The molecule has 0 unspecified atom stereocenters. The van der Waals surface area contributed by atoms with E-state index in [1.54, 1.807) is 36.4 Å². The number of hydrogen-bond donors (Lipinski definition) is 3. The van der Waals surface area contributed by atoms with Gasteiger partial charge in [-0.05, 0) is 103 Å². The van der Waals surface area contributed by atoms with Gasteiger partial charge in [-0.3, -0.25) is 0 Å². The molecule has 49 heavy (non-hydrogen) atoms. The van der Waals surface area contributed by atoms with Gasteiger partial charge in [0.25, 0.3) is 0 Å².